The quantitative estimate of drug-likeness (QED) is 0.332. The lowest BCUT2D eigenvalue weighted by Crippen LogP contribution is -1.99. The second-order valence-electron chi connectivity index (χ2n) is 6.15. The minimum absolute atomic E-state index is 0.271. The van der Waals surface area contributed by atoms with Gasteiger partial charge in [0.05, 0.1) is 5.69 Å². The number of furan rings is 1. The largest absolute Gasteiger partial charge is 0.454 e. The van der Waals surface area contributed by atoms with E-state index in [0.717, 1.165) is 45.3 Å². The number of benzene rings is 1. The normalized spacial score (nSPS) is 12.6. The first-order valence-corrected chi connectivity index (χ1v) is 11.5. The van der Waals surface area contributed by atoms with Gasteiger partial charge in [-0.05, 0) is 53.2 Å². The molecule has 1 aromatic carbocycles. The van der Waals surface area contributed by atoms with Crippen molar-refractivity contribution >= 4 is 39.0 Å². The van der Waals surface area contributed by atoms with Crippen molar-refractivity contribution in [1.29, 1.82) is 0 Å². The SMILES string of the molecule is CCn1c(SCc2csc(-c3ccc4c(c3)OCO4)n2)nnc1-c1ccc(Br)o1. The maximum atomic E-state index is 5.63. The summed E-state index contributed by atoms with van der Waals surface area (Å²) in [7, 11) is 0. The molecule has 0 N–H and O–H groups in total. The molecular weight excluding hydrogens is 476 g/mol. The molecule has 1 aliphatic heterocycles. The van der Waals surface area contributed by atoms with E-state index in [0.29, 0.717) is 16.2 Å². The average molecular weight is 491 g/mol. The highest BCUT2D eigenvalue weighted by atomic mass is 79.9. The molecule has 0 unspecified atom stereocenters. The van der Waals surface area contributed by atoms with E-state index in [-0.39, 0.29) is 6.79 Å². The second kappa shape index (κ2) is 7.85. The summed E-state index contributed by atoms with van der Waals surface area (Å²) in [5, 5.41) is 12.5. The third kappa shape index (κ3) is 3.67. The summed E-state index contributed by atoms with van der Waals surface area (Å²) in [5.74, 6) is 3.67. The van der Waals surface area contributed by atoms with Crippen LogP contribution >= 0.6 is 39.0 Å². The summed E-state index contributed by atoms with van der Waals surface area (Å²) in [6.45, 7) is 3.09. The fourth-order valence-corrected chi connectivity index (χ4v) is 5.09. The van der Waals surface area contributed by atoms with Crippen LogP contribution in [0.3, 0.4) is 0 Å². The van der Waals surface area contributed by atoms with Gasteiger partial charge in [-0.25, -0.2) is 4.98 Å². The van der Waals surface area contributed by atoms with Gasteiger partial charge in [0.25, 0.3) is 0 Å². The molecule has 0 radical (unpaired) electrons. The van der Waals surface area contributed by atoms with E-state index >= 15 is 0 Å². The molecule has 0 amide bonds. The third-order valence-electron chi connectivity index (χ3n) is 4.35. The van der Waals surface area contributed by atoms with Gasteiger partial charge in [-0.2, -0.15) is 0 Å². The number of halogens is 1. The van der Waals surface area contributed by atoms with E-state index < -0.39 is 0 Å². The molecular formula is C19H15BrN4O3S2. The van der Waals surface area contributed by atoms with Gasteiger partial charge in [0, 0.05) is 23.2 Å². The van der Waals surface area contributed by atoms with E-state index in [9.17, 15) is 0 Å². The first kappa shape index (κ1) is 18.7. The highest BCUT2D eigenvalue weighted by Gasteiger charge is 2.18. The van der Waals surface area contributed by atoms with Gasteiger partial charge in [0.2, 0.25) is 12.6 Å². The number of thioether (sulfide) groups is 1. The predicted molar refractivity (Wildman–Crippen MR) is 114 cm³/mol. The summed E-state index contributed by atoms with van der Waals surface area (Å²) >= 11 is 6.56. The van der Waals surface area contributed by atoms with Gasteiger partial charge >= 0.3 is 0 Å². The molecule has 10 heteroatoms. The van der Waals surface area contributed by atoms with E-state index in [1.54, 1.807) is 23.1 Å². The summed E-state index contributed by atoms with van der Waals surface area (Å²) in [5.41, 5.74) is 2.03. The molecule has 4 aromatic rings. The second-order valence-corrected chi connectivity index (χ2v) is 8.74. The summed E-state index contributed by atoms with van der Waals surface area (Å²) < 4.78 is 19.2. The van der Waals surface area contributed by atoms with Crippen molar-refractivity contribution < 1.29 is 13.9 Å². The summed E-state index contributed by atoms with van der Waals surface area (Å²) in [6.07, 6.45) is 0. The first-order chi connectivity index (χ1) is 14.2. The molecule has 0 saturated carbocycles. The molecule has 1 aliphatic rings. The molecule has 148 valence electrons. The lowest BCUT2D eigenvalue weighted by atomic mass is 10.2. The molecule has 29 heavy (non-hydrogen) atoms. The lowest BCUT2D eigenvalue weighted by molar-refractivity contribution is 0.174. The Balaban J connectivity index is 1.32. The molecule has 5 rings (SSSR count). The van der Waals surface area contributed by atoms with Gasteiger partial charge in [-0.1, -0.05) is 11.8 Å². The number of aromatic nitrogens is 4. The molecule has 0 aliphatic carbocycles. The fourth-order valence-electron chi connectivity index (χ4n) is 2.97. The Morgan fingerprint density at radius 2 is 2.07 bits per heavy atom. The molecule has 4 heterocycles. The number of thiazole rings is 1. The minimum Gasteiger partial charge on any atom is -0.454 e. The van der Waals surface area contributed by atoms with Crippen molar-refractivity contribution in [3.63, 3.8) is 0 Å². The van der Waals surface area contributed by atoms with Crippen molar-refractivity contribution in [2.24, 2.45) is 0 Å². The average Bonchev–Trinajstić information content (AvgIpc) is 3.50. The number of hydrogen-bond acceptors (Lipinski definition) is 8. The zero-order valence-electron chi connectivity index (χ0n) is 15.3. The Morgan fingerprint density at radius 3 is 2.90 bits per heavy atom. The van der Waals surface area contributed by atoms with Gasteiger partial charge < -0.3 is 13.9 Å². The van der Waals surface area contributed by atoms with Crippen LogP contribution in [0.25, 0.3) is 22.2 Å². The number of rotatable bonds is 6. The van der Waals surface area contributed by atoms with E-state index in [1.807, 2.05) is 34.9 Å². The maximum Gasteiger partial charge on any atom is 0.231 e. The van der Waals surface area contributed by atoms with Crippen LogP contribution in [-0.2, 0) is 12.3 Å². The Kier molecular flexibility index (Phi) is 5.06. The fraction of sp³-hybridized carbons (Fsp3) is 0.211. The van der Waals surface area contributed by atoms with E-state index in [4.69, 9.17) is 18.9 Å². The third-order valence-corrected chi connectivity index (χ3v) is 6.71. The van der Waals surface area contributed by atoms with Gasteiger partial charge in [-0.15, -0.1) is 21.5 Å². The monoisotopic (exact) mass is 490 g/mol. The molecule has 0 fully saturated rings. The van der Waals surface area contributed by atoms with Gasteiger partial charge in [-0.3, -0.25) is 4.57 Å². The number of fused-ring (bicyclic) bond motifs is 1. The van der Waals surface area contributed by atoms with Gasteiger partial charge in [0.15, 0.2) is 27.1 Å². The van der Waals surface area contributed by atoms with Crippen molar-refractivity contribution in [2.45, 2.75) is 24.4 Å². The van der Waals surface area contributed by atoms with E-state index in [1.165, 1.54) is 0 Å². The van der Waals surface area contributed by atoms with E-state index in [2.05, 4.69) is 38.4 Å². The zero-order chi connectivity index (χ0) is 19.8. The summed E-state index contributed by atoms with van der Waals surface area (Å²) in [4.78, 5) is 4.76. The van der Waals surface area contributed by atoms with Crippen LogP contribution in [0, 0.1) is 0 Å². The zero-order valence-corrected chi connectivity index (χ0v) is 18.5. The lowest BCUT2D eigenvalue weighted by Gasteiger charge is -2.04. The highest BCUT2D eigenvalue weighted by Crippen LogP contribution is 2.37. The Labute approximate surface area is 183 Å². The smallest absolute Gasteiger partial charge is 0.231 e. The van der Waals surface area contributed by atoms with Crippen molar-refractivity contribution in [3.8, 4) is 33.7 Å². The number of ether oxygens (including phenoxy) is 2. The van der Waals surface area contributed by atoms with Crippen LogP contribution in [0.4, 0.5) is 0 Å². The Bertz CT molecular complexity index is 1170. The summed E-state index contributed by atoms with van der Waals surface area (Å²) in [6, 6.07) is 9.63. The van der Waals surface area contributed by atoms with Crippen LogP contribution in [0.5, 0.6) is 11.5 Å². The van der Waals surface area contributed by atoms with Crippen LogP contribution in [0.2, 0.25) is 0 Å². The number of nitrogens with zero attached hydrogens (tertiary/aromatic N) is 4. The van der Waals surface area contributed by atoms with Crippen LogP contribution < -0.4 is 9.47 Å². The Morgan fingerprint density at radius 1 is 1.17 bits per heavy atom. The standard InChI is InChI=1S/C19H15BrN4O3S2/c1-2-24-17(14-5-6-16(20)27-14)22-23-19(24)29-9-12-8-28-18(21-12)11-3-4-13-15(7-11)26-10-25-13/h3-8H,2,9-10H2,1H3. The minimum atomic E-state index is 0.271. The topological polar surface area (TPSA) is 75.2 Å². The van der Waals surface area contributed by atoms with Gasteiger partial charge in [0.1, 0.15) is 5.01 Å². The van der Waals surface area contributed by atoms with Crippen molar-refractivity contribution in [1.82, 2.24) is 19.7 Å². The molecule has 7 nitrogen and oxygen atoms in total. The first-order valence-electron chi connectivity index (χ1n) is 8.87. The molecule has 3 aromatic heterocycles. The van der Waals surface area contributed by atoms with Crippen LogP contribution in [0.1, 0.15) is 12.6 Å². The molecule has 0 saturated heterocycles. The van der Waals surface area contributed by atoms with Crippen LogP contribution in [-0.4, -0.2) is 26.5 Å². The maximum absolute atomic E-state index is 5.63. The predicted octanol–water partition coefficient (Wildman–Crippen LogP) is 5.47. The van der Waals surface area contributed by atoms with Crippen LogP contribution in [0.15, 0.2) is 50.0 Å². The van der Waals surface area contributed by atoms with Crippen molar-refractivity contribution in [3.05, 3.63) is 46.1 Å². The molecule has 0 bridgehead atoms. The number of hydrogen-bond donors (Lipinski definition) is 0. The van der Waals surface area contributed by atoms with Crippen molar-refractivity contribution in [2.75, 3.05) is 6.79 Å². The Hall–Kier alpha value is -2.30. The highest BCUT2D eigenvalue weighted by molar-refractivity contribution is 9.10. The molecule has 0 spiro atoms. The molecule has 0 atom stereocenters.